The van der Waals surface area contributed by atoms with Gasteiger partial charge in [0.2, 0.25) is 0 Å². The first-order chi connectivity index (χ1) is 23.2. The number of aromatic nitrogens is 2. The van der Waals surface area contributed by atoms with E-state index < -0.39 is 5.97 Å². The van der Waals surface area contributed by atoms with Crippen molar-refractivity contribution in [2.75, 3.05) is 6.61 Å². The molecule has 0 unspecified atom stereocenters. The molecule has 8 heteroatoms. The van der Waals surface area contributed by atoms with Gasteiger partial charge >= 0.3 is 5.97 Å². The van der Waals surface area contributed by atoms with E-state index in [1.54, 1.807) is 48.0 Å². The minimum Gasteiger partial charge on any atom is -0.466 e. The maximum Gasteiger partial charge on any atom is 0.310 e. The van der Waals surface area contributed by atoms with Crippen molar-refractivity contribution < 1.29 is 18.7 Å². The Balaban J connectivity index is 0.000000929. The zero-order valence-corrected chi connectivity index (χ0v) is 30.8. The molecule has 5 nitrogen and oxygen atoms in total. The highest BCUT2D eigenvalue weighted by molar-refractivity contribution is 6.32. The molecular weight excluding hydrogens is 646 g/mol. The van der Waals surface area contributed by atoms with Gasteiger partial charge in [-0.15, -0.1) is 26.3 Å². The summed E-state index contributed by atoms with van der Waals surface area (Å²) in [6.45, 7) is 23.7. The molecule has 3 aromatic carbocycles. The Hall–Kier alpha value is -4.00. The Kier molecular flexibility index (Phi) is 23.0. The van der Waals surface area contributed by atoms with Gasteiger partial charge in [0.05, 0.1) is 29.4 Å². The molecule has 0 spiro atoms. The van der Waals surface area contributed by atoms with Gasteiger partial charge in [-0.1, -0.05) is 106 Å². The number of hydrogen-bond donors (Lipinski definition) is 0. The summed E-state index contributed by atoms with van der Waals surface area (Å²) in [7, 11) is 0. The number of carbonyl (C=O) groups is 2. The van der Waals surface area contributed by atoms with E-state index in [9.17, 15) is 14.0 Å². The molecule has 0 fully saturated rings. The first kappa shape index (κ1) is 44.0. The van der Waals surface area contributed by atoms with Crippen molar-refractivity contribution in [3.8, 4) is 16.9 Å². The van der Waals surface area contributed by atoms with Crippen molar-refractivity contribution in [1.29, 1.82) is 0 Å². The Morgan fingerprint density at radius 1 is 0.854 bits per heavy atom. The number of para-hydroxylation sites is 1. The van der Waals surface area contributed by atoms with Crippen LogP contribution < -0.4 is 0 Å². The van der Waals surface area contributed by atoms with Crippen molar-refractivity contribution in [3.63, 3.8) is 0 Å². The third-order valence-electron chi connectivity index (χ3n) is 6.76. The van der Waals surface area contributed by atoms with Gasteiger partial charge < -0.3 is 4.74 Å². The number of hydrogen-bond acceptors (Lipinski definition) is 4. The summed E-state index contributed by atoms with van der Waals surface area (Å²) in [5.41, 5.74) is 3.56. The average Bonchev–Trinajstić information content (AvgIpc) is 3.47. The monoisotopic (exact) mass is 696 g/mol. The lowest BCUT2D eigenvalue weighted by atomic mass is 9.90. The van der Waals surface area contributed by atoms with E-state index in [0.717, 1.165) is 36.8 Å². The predicted octanol–water partition coefficient (Wildman–Crippen LogP) is 12.3. The summed E-state index contributed by atoms with van der Waals surface area (Å²) in [5.74, 6) is -0.315. The van der Waals surface area contributed by atoms with Gasteiger partial charge in [-0.05, 0) is 61.6 Å². The SMILES string of the molecule is C=C.C=C.CC.CCCC(CCC)c1ccccc1F.CCOC(=O)Cc1c(C(C)=O)nn(-c2ccccc2Cl)c1-c1ccc(Cl)cc1. The second-order valence-electron chi connectivity index (χ2n) is 9.88. The summed E-state index contributed by atoms with van der Waals surface area (Å²) in [6.07, 6.45) is 4.35. The molecule has 0 saturated carbocycles. The summed E-state index contributed by atoms with van der Waals surface area (Å²) < 4.78 is 20.2. The molecule has 0 amide bonds. The van der Waals surface area contributed by atoms with Crippen LogP contribution in [0.3, 0.4) is 0 Å². The number of rotatable bonds is 11. The van der Waals surface area contributed by atoms with Crippen LogP contribution in [0.25, 0.3) is 16.9 Å². The predicted molar refractivity (Wildman–Crippen MR) is 202 cm³/mol. The molecule has 0 aliphatic carbocycles. The Morgan fingerprint density at radius 3 is 1.90 bits per heavy atom. The van der Waals surface area contributed by atoms with Crippen molar-refractivity contribution in [1.82, 2.24) is 9.78 Å². The van der Waals surface area contributed by atoms with E-state index >= 15 is 0 Å². The van der Waals surface area contributed by atoms with E-state index in [0.29, 0.717) is 32.9 Å². The maximum atomic E-state index is 13.5. The summed E-state index contributed by atoms with van der Waals surface area (Å²) in [5, 5.41) is 5.54. The molecular formula is C40H51Cl2FN2O3. The highest BCUT2D eigenvalue weighted by atomic mass is 35.5. The minimum absolute atomic E-state index is 0.0422. The molecule has 0 N–H and O–H groups in total. The number of nitrogens with zero attached hydrogens (tertiary/aromatic N) is 2. The highest BCUT2D eigenvalue weighted by Gasteiger charge is 2.26. The van der Waals surface area contributed by atoms with Gasteiger partial charge in [-0.2, -0.15) is 5.10 Å². The molecule has 48 heavy (non-hydrogen) atoms. The van der Waals surface area contributed by atoms with Crippen molar-refractivity contribution in [3.05, 3.63) is 132 Å². The van der Waals surface area contributed by atoms with Crippen LogP contribution in [0.1, 0.15) is 94.8 Å². The second kappa shape index (κ2) is 25.1. The third-order valence-corrected chi connectivity index (χ3v) is 7.33. The fourth-order valence-corrected chi connectivity index (χ4v) is 5.26. The normalized spacial score (nSPS) is 9.71. The van der Waals surface area contributed by atoms with Gasteiger partial charge in [0.1, 0.15) is 11.5 Å². The van der Waals surface area contributed by atoms with Crippen molar-refractivity contribution in [2.24, 2.45) is 0 Å². The topological polar surface area (TPSA) is 61.2 Å². The third kappa shape index (κ3) is 13.2. The number of ether oxygens (including phenoxy) is 1. The number of carbonyl (C=O) groups excluding carboxylic acids is 2. The molecule has 0 atom stereocenters. The zero-order valence-electron chi connectivity index (χ0n) is 29.3. The smallest absolute Gasteiger partial charge is 0.310 e. The minimum atomic E-state index is -0.432. The summed E-state index contributed by atoms with van der Waals surface area (Å²) >= 11 is 12.4. The van der Waals surface area contributed by atoms with Gasteiger partial charge in [0, 0.05) is 23.1 Å². The number of benzene rings is 3. The summed E-state index contributed by atoms with van der Waals surface area (Å²) in [6, 6.07) is 21.4. The largest absolute Gasteiger partial charge is 0.466 e. The standard InChI is InChI=1S/C21H18Cl2N2O3.C13H19F.C2H6.2C2H4/c1-3-28-19(27)12-16-20(13(2)26)24-25(18-7-5-4-6-17(18)23)21(16)14-8-10-15(22)11-9-14;1-3-7-11(8-4-2)12-9-5-6-10-13(12)14;3*1-2/h4-11H,3,12H2,1-2H3;5-6,9-11H,3-4,7-8H2,1-2H3;1-2H3;2*1-2H2. The lowest BCUT2D eigenvalue weighted by Crippen LogP contribution is -2.10. The lowest BCUT2D eigenvalue weighted by Gasteiger charge is -2.16. The molecule has 0 saturated heterocycles. The fourth-order valence-electron chi connectivity index (χ4n) is 4.92. The van der Waals surface area contributed by atoms with Crippen LogP contribution in [0, 0.1) is 5.82 Å². The van der Waals surface area contributed by atoms with Gasteiger partial charge in [-0.25, -0.2) is 9.07 Å². The van der Waals surface area contributed by atoms with Crippen molar-refractivity contribution in [2.45, 2.75) is 79.6 Å². The molecule has 0 radical (unpaired) electrons. The maximum absolute atomic E-state index is 13.5. The number of esters is 1. The number of halogens is 3. The van der Waals surface area contributed by atoms with Crippen LogP contribution in [-0.2, 0) is 16.0 Å². The van der Waals surface area contributed by atoms with Gasteiger partial charge in [-0.3, -0.25) is 9.59 Å². The number of Topliss-reactive ketones (excluding diaryl/α,β-unsaturated/α-hetero) is 1. The Labute approximate surface area is 297 Å². The van der Waals surface area contributed by atoms with E-state index in [1.165, 1.54) is 6.92 Å². The van der Waals surface area contributed by atoms with Crippen LogP contribution in [-0.4, -0.2) is 28.1 Å². The molecule has 0 aliphatic heterocycles. The molecule has 4 rings (SSSR count). The molecule has 260 valence electrons. The van der Waals surface area contributed by atoms with Crippen LogP contribution in [0.5, 0.6) is 0 Å². The van der Waals surface area contributed by atoms with Gasteiger partial charge in [0.15, 0.2) is 5.78 Å². The Morgan fingerprint density at radius 2 is 1.40 bits per heavy atom. The van der Waals surface area contributed by atoms with E-state index in [2.05, 4.69) is 45.3 Å². The first-order valence-corrected chi connectivity index (χ1v) is 17.0. The molecule has 0 bridgehead atoms. The first-order valence-electron chi connectivity index (χ1n) is 16.2. The average molecular weight is 698 g/mol. The van der Waals surface area contributed by atoms with E-state index in [1.807, 2.05) is 50.2 Å². The molecule has 4 aromatic rings. The van der Waals surface area contributed by atoms with Crippen LogP contribution in [0.2, 0.25) is 10.0 Å². The summed E-state index contributed by atoms with van der Waals surface area (Å²) in [4.78, 5) is 24.5. The molecule has 1 aromatic heterocycles. The van der Waals surface area contributed by atoms with E-state index in [-0.39, 0.29) is 30.3 Å². The quantitative estimate of drug-likeness (QED) is 0.0889. The second-order valence-corrected chi connectivity index (χ2v) is 10.7. The lowest BCUT2D eigenvalue weighted by molar-refractivity contribution is -0.142. The van der Waals surface area contributed by atoms with Crippen LogP contribution in [0.15, 0.2) is 99.1 Å². The van der Waals surface area contributed by atoms with Crippen LogP contribution >= 0.6 is 23.2 Å². The Bertz CT molecular complexity index is 1510. The van der Waals surface area contributed by atoms with Crippen molar-refractivity contribution >= 4 is 35.0 Å². The van der Waals surface area contributed by atoms with Crippen LogP contribution in [0.4, 0.5) is 4.39 Å². The number of ketones is 1. The molecule has 1 heterocycles. The van der Waals surface area contributed by atoms with E-state index in [4.69, 9.17) is 27.9 Å². The van der Waals surface area contributed by atoms with Gasteiger partial charge in [0.25, 0.3) is 0 Å². The zero-order chi connectivity index (χ0) is 36.6. The highest BCUT2D eigenvalue weighted by Crippen LogP contribution is 2.33. The molecule has 0 aliphatic rings. The fraction of sp³-hybridized carbons (Fsp3) is 0.325.